The first-order valence-electron chi connectivity index (χ1n) is 6.55. The van der Waals surface area contributed by atoms with Crippen molar-refractivity contribution in [2.45, 2.75) is 19.8 Å². The quantitative estimate of drug-likeness (QED) is 0.745. The van der Waals surface area contributed by atoms with Crippen molar-refractivity contribution in [1.82, 2.24) is 0 Å². The average Bonchev–Trinajstić information content (AvgIpc) is 2.41. The zero-order chi connectivity index (χ0) is 14.7. The van der Waals surface area contributed by atoms with Gasteiger partial charge in [-0.25, -0.2) is 0 Å². The van der Waals surface area contributed by atoms with E-state index in [4.69, 9.17) is 11.5 Å². The molecular weight excluding hydrogens is 250 g/mol. The van der Waals surface area contributed by atoms with Crippen LogP contribution >= 0.6 is 0 Å². The zero-order valence-corrected chi connectivity index (χ0v) is 11.7. The number of para-hydroxylation sites is 2. The largest absolute Gasteiger partial charge is 0.397 e. The van der Waals surface area contributed by atoms with E-state index in [2.05, 4.69) is 25.2 Å². The summed E-state index contributed by atoms with van der Waals surface area (Å²) in [4.78, 5) is 11.5. The van der Waals surface area contributed by atoms with E-state index in [1.165, 1.54) is 0 Å². The molecule has 0 atom stereocenters. The van der Waals surface area contributed by atoms with Crippen LogP contribution in [0.5, 0.6) is 0 Å². The fraction of sp³-hybridized carbons (Fsp3) is 0.188. The fourth-order valence-electron chi connectivity index (χ4n) is 2.16. The van der Waals surface area contributed by atoms with Crippen LogP contribution in [0.4, 0.5) is 17.1 Å². The highest BCUT2D eigenvalue weighted by Crippen LogP contribution is 2.31. The highest BCUT2D eigenvalue weighted by atomic mass is 16.1. The summed E-state index contributed by atoms with van der Waals surface area (Å²) >= 11 is 0. The number of hydrogen-bond donors (Lipinski definition) is 3. The van der Waals surface area contributed by atoms with Crippen LogP contribution in [-0.2, 0) is 0 Å². The first-order valence-corrected chi connectivity index (χ1v) is 6.55. The molecule has 20 heavy (non-hydrogen) atoms. The Balaban J connectivity index is 2.48. The predicted molar refractivity (Wildman–Crippen MR) is 83.2 cm³/mol. The number of nitrogen functional groups attached to an aromatic ring is 1. The first kappa shape index (κ1) is 13.9. The summed E-state index contributed by atoms with van der Waals surface area (Å²) in [6.45, 7) is 4.23. The molecule has 4 nitrogen and oxygen atoms in total. The number of nitrogens with two attached hydrogens (primary N) is 2. The molecule has 2 aromatic carbocycles. The van der Waals surface area contributed by atoms with E-state index in [0.717, 1.165) is 11.3 Å². The second kappa shape index (κ2) is 5.65. The Bertz CT molecular complexity index is 635. The molecule has 0 spiro atoms. The Labute approximate surface area is 118 Å². The summed E-state index contributed by atoms with van der Waals surface area (Å²) in [6, 6.07) is 13.1. The smallest absolute Gasteiger partial charge is 0.250 e. The third-order valence-corrected chi connectivity index (χ3v) is 3.20. The molecule has 0 unspecified atom stereocenters. The number of anilines is 3. The van der Waals surface area contributed by atoms with Gasteiger partial charge in [0.25, 0.3) is 5.91 Å². The molecule has 0 aliphatic carbocycles. The fourth-order valence-corrected chi connectivity index (χ4v) is 2.16. The number of amides is 1. The lowest BCUT2D eigenvalue weighted by atomic mass is 10.0. The Morgan fingerprint density at radius 3 is 2.45 bits per heavy atom. The van der Waals surface area contributed by atoms with Gasteiger partial charge in [0.1, 0.15) is 0 Å². The minimum absolute atomic E-state index is 0.362. The molecular formula is C16H19N3O. The molecule has 0 saturated heterocycles. The Morgan fingerprint density at radius 1 is 1.10 bits per heavy atom. The van der Waals surface area contributed by atoms with Crippen LogP contribution in [0.15, 0.2) is 42.5 Å². The lowest BCUT2D eigenvalue weighted by molar-refractivity contribution is 0.100. The third kappa shape index (κ3) is 2.74. The molecule has 2 aromatic rings. The Kier molecular flexibility index (Phi) is 3.94. The molecule has 0 aliphatic heterocycles. The molecule has 2 rings (SSSR count). The molecule has 0 fully saturated rings. The number of primary amides is 1. The summed E-state index contributed by atoms with van der Waals surface area (Å²) in [5.74, 6) is -0.137. The molecule has 0 aliphatic rings. The van der Waals surface area contributed by atoms with E-state index in [-0.39, 0.29) is 0 Å². The van der Waals surface area contributed by atoms with Gasteiger partial charge in [0, 0.05) is 5.69 Å². The minimum Gasteiger partial charge on any atom is -0.397 e. The number of carbonyl (C=O) groups excluding carboxylic acids is 1. The van der Waals surface area contributed by atoms with Crippen molar-refractivity contribution in [1.29, 1.82) is 0 Å². The highest BCUT2D eigenvalue weighted by Gasteiger charge is 2.13. The van der Waals surface area contributed by atoms with Gasteiger partial charge in [-0.15, -0.1) is 0 Å². The molecule has 104 valence electrons. The van der Waals surface area contributed by atoms with Gasteiger partial charge in [0.05, 0.1) is 16.9 Å². The monoisotopic (exact) mass is 269 g/mol. The highest BCUT2D eigenvalue weighted by molar-refractivity contribution is 6.02. The van der Waals surface area contributed by atoms with Crippen LogP contribution in [0.2, 0.25) is 0 Å². The van der Waals surface area contributed by atoms with Crippen molar-refractivity contribution in [3.8, 4) is 0 Å². The molecule has 5 N–H and O–H groups in total. The number of nitrogens with one attached hydrogen (secondary N) is 1. The van der Waals surface area contributed by atoms with Crippen LogP contribution in [0, 0.1) is 0 Å². The van der Waals surface area contributed by atoms with Gasteiger partial charge >= 0.3 is 0 Å². The van der Waals surface area contributed by atoms with Gasteiger partial charge in [-0.05, 0) is 29.7 Å². The van der Waals surface area contributed by atoms with Crippen LogP contribution in [0.3, 0.4) is 0 Å². The van der Waals surface area contributed by atoms with Gasteiger partial charge in [-0.2, -0.15) is 0 Å². The summed E-state index contributed by atoms with van der Waals surface area (Å²) < 4.78 is 0. The van der Waals surface area contributed by atoms with Gasteiger partial charge < -0.3 is 16.8 Å². The third-order valence-electron chi connectivity index (χ3n) is 3.20. The normalized spacial score (nSPS) is 10.6. The van der Waals surface area contributed by atoms with Crippen molar-refractivity contribution < 1.29 is 4.79 Å². The molecule has 0 radical (unpaired) electrons. The standard InChI is InChI=1S/C16H19N3O/c1-10(2)11-6-3-4-9-14(11)19-15-12(16(18)20)7-5-8-13(15)17/h3-10,19H,17H2,1-2H3,(H2,18,20). The van der Waals surface area contributed by atoms with E-state index in [1.54, 1.807) is 18.2 Å². The van der Waals surface area contributed by atoms with E-state index in [0.29, 0.717) is 22.9 Å². The van der Waals surface area contributed by atoms with Crippen molar-refractivity contribution in [2.75, 3.05) is 11.1 Å². The molecule has 0 bridgehead atoms. The zero-order valence-electron chi connectivity index (χ0n) is 11.7. The van der Waals surface area contributed by atoms with E-state index >= 15 is 0 Å². The van der Waals surface area contributed by atoms with Crippen molar-refractivity contribution in [2.24, 2.45) is 5.73 Å². The topological polar surface area (TPSA) is 81.1 Å². The number of benzene rings is 2. The summed E-state index contributed by atoms with van der Waals surface area (Å²) in [6.07, 6.45) is 0. The van der Waals surface area contributed by atoms with E-state index in [1.807, 2.05) is 18.2 Å². The number of hydrogen-bond acceptors (Lipinski definition) is 3. The summed E-state index contributed by atoms with van der Waals surface area (Å²) in [7, 11) is 0. The maximum absolute atomic E-state index is 11.5. The summed E-state index contributed by atoms with van der Waals surface area (Å²) in [5, 5.41) is 3.25. The minimum atomic E-state index is -0.498. The predicted octanol–water partition coefficient (Wildman–Crippen LogP) is 3.23. The molecule has 4 heteroatoms. The van der Waals surface area contributed by atoms with Crippen LogP contribution in [-0.4, -0.2) is 5.91 Å². The van der Waals surface area contributed by atoms with Gasteiger partial charge in [0.2, 0.25) is 0 Å². The molecule has 0 saturated carbocycles. The average molecular weight is 269 g/mol. The number of carbonyl (C=O) groups is 1. The van der Waals surface area contributed by atoms with Crippen LogP contribution in [0.25, 0.3) is 0 Å². The molecule has 1 amide bonds. The van der Waals surface area contributed by atoms with Gasteiger partial charge in [-0.3, -0.25) is 4.79 Å². The summed E-state index contributed by atoms with van der Waals surface area (Å²) in [5.41, 5.74) is 14.9. The lowest BCUT2D eigenvalue weighted by Gasteiger charge is -2.17. The van der Waals surface area contributed by atoms with E-state index < -0.39 is 5.91 Å². The lowest BCUT2D eigenvalue weighted by Crippen LogP contribution is -2.14. The number of rotatable bonds is 4. The molecule has 0 aromatic heterocycles. The maximum Gasteiger partial charge on any atom is 0.250 e. The Morgan fingerprint density at radius 2 is 1.80 bits per heavy atom. The van der Waals surface area contributed by atoms with Crippen molar-refractivity contribution in [3.63, 3.8) is 0 Å². The SMILES string of the molecule is CC(C)c1ccccc1Nc1c(N)cccc1C(N)=O. The molecule has 0 heterocycles. The first-order chi connectivity index (χ1) is 9.50. The van der Waals surface area contributed by atoms with Crippen molar-refractivity contribution >= 4 is 23.0 Å². The van der Waals surface area contributed by atoms with Crippen LogP contribution < -0.4 is 16.8 Å². The van der Waals surface area contributed by atoms with Crippen molar-refractivity contribution in [3.05, 3.63) is 53.6 Å². The maximum atomic E-state index is 11.5. The second-order valence-electron chi connectivity index (χ2n) is 5.00. The van der Waals surface area contributed by atoms with Crippen LogP contribution in [0.1, 0.15) is 35.7 Å². The second-order valence-corrected chi connectivity index (χ2v) is 5.00. The van der Waals surface area contributed by atoms with E-state index in [9.17, 15) is 4.79 Å². The Hall–Kier alpha value is -2.49. The van der Waals surface area contributed by atoms with Gasteiger partial charge in [0.15, 0.2) is 0 Å². The van der Waals surface area contributed by atoms with Gasteiger partial charge in [-0.1, -0.05) is 38.1 Å².